The van der Waals surface area contributed by atoms with Crippen LogP contribution in [0.2, 0.25) is 0 Å². The van der Waals surface area contributed by atoms with Crippen LogP contribution in [-0.4, -0.2) is 33.6 Å². The second kappa shape index (κ2) is 9.62. The summed E-state index contributed by atoms with van der Waals surface area (Å²) in [6, 6.07) is 24.4. The van der Waals surface area contributed by atoms with E-state index in [-0.39, 0.29) is 0 Å². The Morgan fingerprint density at radius 3 is 2.55 bits per heavy atom. The average Bonchev–Trinajstić information content (AvgIpc) is 3.21. The molecule has 0 saturated heterocycles. The summed E-state index contributed by atoms with van der Waals surface area (Å²) in [5, 5.41) is 4.01. The lowest BCUT2D eigenvalue weighted by Crippen LogP contribution is -2.36. The molecular weight excluding hydrogens is 404 g/mol. The Balaban J connectivity index is 1.52. The van der Waals surface area contributed by atoms with Crippen molar-refractivity contribution in [3.05, 3.63) is 89.7 Å². The maximum absolute atomic E-state index is 5.80. The number of rotatable bonds is 7. The topological polar surface area (TPSA) is 53.2 Å². The van der Waals surface area contributed by atoms with Crippen molar-refractivity contribution < 1.29 is 4.74 Å². The molecule has 0 radical (unpaired) electrons. The Hall–Kier alpha value is -3.38. The highest BCUT2D eigenvalue weighted by Gasteiger charge is 2.14. The molecule has 0 aliphatic carbocycles. The van der Waals surface area contributed by atoms with E-state index in [1.165, 1.54) is 11.1 Å². The maximum Gasteiger partial charge on any atom is 0.173 e. The molecule has 6 heteroatoms. The fourth-order valence-corrected chi connectivity index (χ4v) is 3.74. The summed E-state index contributed by atoms with van der Waals surface area (Å²) in [6.07, 6.45) is 0.758. The number of imidazole rings is 1. The highest BCUT2D eigenvalue weighted by Crippen LogP contribution is 2.24. The van der Waals surface area contributed by atoms with E-state index < -0.39 is 0 Å². The standard InChI is InChI=1S/C25H26N4OS/c1-18-11-13-19(14-12-18)17-29(25(31)28-22-9-5-6-10-23(22)30-2)16-15-24-26-20-7-3-4-8-21(20)27-24/h3-14H,15-17H2,1-2H3,(H,26,27)(H,28,31). The molecule has 0 fully saturated rings. The van der Waals surface area contributed by atoms with E-state index in [1.54, 1.807) is 7.11 Å². The molecule has 0 saturated carbocycles. The Morgan fingerprint density at radius 1 is 1.03 bits per heavy atom. The van der Waals surface area contributed by atoms with Crippen LogP contribution in [-0.2, 0) is 13.0 Å². The highest BCUT2D eigenvalue weighted by molar-refractivity contribution is 7.80. The van der Waals surface area contributed by atoms with E-state index >= 15 is 0 Å². The van der Waals surface area contributed by atoms with Crippen molar-refractivity contribution in [2.45, 2.75) is 19.9 Å². The zero-order valence-electron chi connectivity index (χ0n) is 17.8. The number of nitrogens with zero attached hydrogens (tertiary/aromatic N) is 2. The van der Waals surface area contributed by atoms with Crippen LogP contribution >= 0.6 is 12.2 Å². The van der Waals surface area contributed by atoms with Crippen molar-refractivity contribution in [2.24, 2.45) is 0 Å². The lowest BCUT2D eigenvalue weighted by molar-refractivity contribution is 0.413. The number of methoxy groups -OCH3 is 1. The van der Waals surface area contributed by atoms with Crippen molar-refractivity contribution >= 4 is 34.1 Å². The van der Waals surface area contributed by atoms with Gasteiger partial charge in [0, 0.05) is 19.5 Å². The number of ether oxygens (including phenoxy) is 1. The molecular formula is C25H26N4OS. The van der Waals surface area contributed by atoms with Gasteiger partial charge in [-0.15, -0.1) is 0 Å². The Labute approximate surface area is 188 Å². The van der Waals surface area contributed by atoms with Crippen LogP contribution in [0.15, 0.2) is 72.8 Å². The molecule has 0 atom stereocenters. The minimum absolute atomic E-state index is 0.654. The highest BCUT2D eigenvalue weighted by atomic mass is 32.1. The van der Waals surface area contributed by atoms with Crippen molar-refractivity contribution in [3.63, 3.8) is 0 Å². The summed E-state index contributed by atoms with van der Waals surface area (Å²) in [6.45, 7) is 3.53. The van der Waals surface area contributed by atoms with Crippen LogP contribution in [0, 0.1) is 6.92 Å². The van der Waals surface area contributed by atoms with Gasteiger partial charge in [0.1, 0.15) is 11.6 Å². The molecule has 4 aromatic rings. The van der Waals surface area contributed by atoms with E-state index in [0.717, 1.165) is 41.3 Å². The van der Waals surface area contributed by atoms with Gasteiger partial charge in [-0.05, 0) is 49.0 Å². The zero-order chi connectivity index (χ0) is 21.6. The number of aromatic amines is 1. The normalized spacial score (nSPS) is 10.8. The largest absolute Gasteiger partial charge is 0.495 e. The first-order chi connectivity index (χ1) is 15.1. The van der Waals surface area contributed by atoms with Gasteiger partial charge in [0.25, 0.3) is 0 Å². The average molecular weight is 431 g/mol. The van der Waals surface area contributed by atoms with E-state index in [9.17, 15) is 0 Å². The number of benzene rings is 3. The number of hydrogen-bond donors (Lipinski definition) is 2. The van der Waals surface area contributed by atoms with Gasteiger partial charge in [-0.25, -0.2) is 4.98 Å². The first kappa shape index (κ1) is 20.9. The maximum atomic E-state index is 5.80. The van der Waals surface area contributed by atoms with Crippen molar-refractivity contribution in [3.8, 4) is 5.75 Å². The molecule has 0 aliphatic heterocycles. The number of aryl methyl sites for hydroxylation is 1. The second-order valence-corrected chi connectivity index (χ2v) is 7.87. The van der Waals surface area contributed by atoms with Gasteiger partial charge < -0.3 is 19.9 Å². The third kappa shape index (κ3) is 5.22. The quantitative estimate of drug-likeness (QED) is 0.389. The molecule has 0 amide bonds. The third-order valence-corrected chi connectivity index (χ3v) is 5.55. The van der Waals surface area contributed by atoms with Gasteiger partial charge in [-0.1, -0.05) is 54.1 Å². The van der Waals surface area contributed by atoms with E-state index in [1.807, 2.05) is 48.5 Å². The van der Waals surface area contributed by atoms with Crippen LogP contribution in [0.1, 0.15) is 17.0 Å². The summed E-state index contributed by atoms with van der Waals surface area (Å²) >= 11 is 5.80. The lowest BCUT2D eigenvalue weighted by Gasteiger charge is -2.26. The molecule has 3 aromatic carbocycles. The molecule has 2 N–H and O–H groups in total. The fourth-order valence-electron chi connectivity index (χ4n) is 3.47. The molecule has 0 aliphatic rings. The van der Waals surface area contributed by atoms with Crippen LogP contribution in [0.25, 0.3) is 11.0 Å². The number of hydrogen-bond acceptors (Lipinski definition) is 3. The first-order valence-electron chi connectivity index (χ1n) is 10.3. The van der Waals surface area contributed by atoms with E-state index in [0.29, 0.717) is 11.7 Å². The van der Waals surface area contributed by atoms with Crippen molar-refractivity contribution in [1.82, 2.24) is 14.9 Å². The van der Waals surface area contributed by atoms with Gasteiger partial charge in [0.05, 0.1) is 23.8 Å². The van der Waals surface area contributed by atoms with Gasteiger partial charge in [0.2, 0.25) is 0 Å². The molecule has 31 heavy (non-hydrogen) atoms. The smallest absolute Gasteiger partial charge is 0.173 e. The number of H-pyrrole nitrogens is 1. The van der Waals surface area contributed by atoms with E-state index in [2.05, 4.69) is 46.4 Å². The Bertz CT molecular complexity index is 1140. The first-order valence-corrected chi connectivity index (χ1v) is 10.7. The Morgan fingerprint density at radius 2 is 1.77 bits per heavy atom. The van der Waals surface area contributed by atoms with E-state index in [4.69, 9.17) is 21.9 Å². The number of nitrogens with one attached hydrogen (secondary N) is 2. The van der Waals surface area contributed by atoms with Crippen molar-refractivity contribution in [2.75, 3.05) is 19.0 Å². The number of para-hydroxylation sites is 4. The van der Waals surface area contributed by atoms with Gasteiger partial charge in [0.15, 0.2) is 5.11 Å². The summed E-state index contributed by atoms with van der Waals surface area (Å²) < 4.78 is 5.46. The van der Waals surface area contributed by atoms with Crippen LogP contribution in [0.4, 0.5) is 5.69 Å². The SMILES string of the molecule is COc1ccccc1NC(=S)N(CCc1nc2ccccc2[nH]1)Cc1ccc(C)cc1. The molecule has 0 unspecified atom stereocenters. The fraction of sp³-hybridized carbons (Fsp3) is 0.200. The number of fused-ring (bicyclic) bond motifs is 1. The molecule has 4 rings (SSSR count). The third-order valence-electron chi connectivity index (χ3n) is 5.19. The molecule has 0 bridgehead atoms. The molecule has 5 nitrogen and oxygen atoms in total. The van der Waals surface area contributed by atoms with Crippen LogP contribution in [0.5, 0.6) is 5.75 Å². The zero-order valence-corrected chi connectivity index (χ0v) is 18.6. The van der Waals surface area contributed by atoms with Crippen LogP contribution < -0.4 is 10.1 Å². The summed E-state index contributed by atoms with van der Waals surface area (Å²) in [5.74, 6) is 1.72. The lowest BCUT2D eigenvalue weighted by atomic mass is 10.1. The number of thiocarbonyl (C=S) groups is 1. The number of aromatic nitrogens is 2. The predicted octanol–water partition coefficient (Wildman–Crippen LogP) is 5.32. The van der Waals surface area contributed by atoms with Crippen molar-refractivity contribution in [1.29, 1.82) is 0 Å². The summed E-state index contributed by atoms with van der Waals surface area (Å²) in [4.78, 5) is 10.3. The van der Waals surface area contributed by atoms with Crippen LogP contribution in [0.3, 0.4) is 0 Å². The minimum atomic E-state index is 0.654. The van der Waals surface area contributed by atoms with Gasteiger partial charge in [-0.2, -0.15) is 0 Å². The monoisotopic (exact) mass is 430 g/mol. The van der Waals surface area contributed by atoms with Gasteiger partial charge in [-0.3, -0.25) is 0 Å². The second-order valence-electron chi connectivity index (χ2n) is 7.49. The molecule has 1 aromatic heterocycles. The molecule has 158 valence electrons. The number of anilines is 1. The molecule has 1 heterocycles. The summed E-state index contributed by atoms with van der Waals surface area (Å²) in [7, 11) is 1.66. The molecule has 0 spiro atoms. The van der Waals surface area contributed by atoms with Gasteiger partial charge >= 0.3 is 0 Å². The Kier molecular flexibility index (Phi) is 6.48. The minimum Gasteiger partial charge on any atom is -0.495 e. The predicted molar refractivity (Wildman–Crippen MR) is 131 cm³/mol. The summed E-state index contributed by atoms with van der Waals surface area (Å²) in [5.41, 5.74) is 5.34.